The monoisotopic (exact) mass is 1020 g/mol. The number of alkyl halides is 3. The van der Waals surface area contributed by atoms with E-state index in [-0.39, 0.29) is 0 Å². The van der Waals surface area contributed by atoms with Crippen molar-refractivity contribution in [3.05, 3.63) is 266 Å². The first-order valence-corrected chi connectivity index (χ1v) is 26.2. The summed E-state index contributed by atoms with van der Waals surface area (Å²) in [6.45, 7) is 0. The summed E-state index contributed by atoms with van der Waals surface area (Å²) in [6.07, 6.45) is -4.57. The van der Waals surface area contributed by atoms with Crippen LogP contribution in [0.15, 0.2) is 261 Å². The Morgan fingerprint density at radius 1 is 0.266 bits per heavy atom. The Labute approximate surface area is 451 Å². The molecule has 79 heavy (non-hydrogen) atoms. The largest absolute Gasteiger partial charge is 0.416 e. The maximum absolute atomic E-state index is 14.9. The molecule has 15 rings (SSSR count). The number of hydrogen-bond donors (Lipinski definition) is 0. The Morgan fingerprint density at radius 2 is 0.595 bits per heavy atom. The van der Waals surface area contributed by atoms with Gasteiger partial charge in [0.05, 0.1) is 55.7 Å². The summed E-state index contributed by atoms with van der Waals surface area (Å²) in [4.78, 5) is 15.8. The van der Waals surface area contributed by atoms with Crippen LogP contribution in [0, 0.1) is 0 Å². The summed E-state index contributed by atoms with van der Waals surface area (Å²) in [6, 6.07) is 86.8. The minimum Gasteiger partial charge on any atom is -0.309 e. The zero-order chi connectivity index (χ0) is 52.8. The van der Waals surface area contributed by atoms with Gasteiger partial charge in [0.15, 0.2) is 17.5 Å². The average molecular weight is 1030 g/mol. The molecule has 0 N–H and O–H groups in total. The normalized spacial score (nSPS) is 12.0. The predicted octanol–water partition coefficient (Wildman–Crippen LogP) is 18.5. The van der Waals surface area contributed by atoms with Gasteiger partial charge < -0.3 is 13.7 Å². The fourth-order valence-electron chi connectivity index (χ4n) is 11.9. The molecule has 15 aromatic rings. The molecule has 0 atom stereocenters. The second-order valence-corrected chi connectivity index (χ2v) is 19.8. The Kier molecular flexibility index (Phi) is 10.6. The van der Waals surface area contributed by atoms with E-state index >= 15 is 0 Å². The highest BCUT2D eigenvalue weighted by Crippen LogP contribution is 2.49. The first kappa shape index (κ1) is 46.0. The van der Waals surface area contributed by atoms with Gasteiger partial charge in [0.25, 0.3) is 0 Å². The van der Waals surface area contributed by atoms with Crippen molar-refractivity contribution in [2.45, 2.75) is 6.18 Å². The van der Waals surface area contributed by atoms with E-state index in [9.17, 15) is 13.2 Å². The average Bonchev–Trinajstić information content (AvgIpc) is 4.29. The molecule has 0 unspecified atom stereocenters. The number of nitrogens with zero attached hydrogens (tertiary/aromatic N) is 6. The molecule has 0 spiro atoms. The molecule has 0 aliphatic rings. The van der Waals surface area contributed by atoms with E-state index < -0.39 is 11.7 Å². The summed E-state index contributed by atoms with van der Waals surface area (Å²) in [5.41, 5.74) is 13.0. The lowest BCUT2D eigenvalue weighted by molar-refractivity contribution is -0.137. The zero-order valence-corrected chi connectivity index (χ0v) is 42.1. The molecule has 0 fully saturated rings. The van der Waals surface area contributed by atoms with E-state index in [1.165, 1.54) is 12.1 Å². The van der Waals surface area contributed by atoms with Crippen LogP contribution in [-0.4, -0.2) is 28.7 Å². The van der Waals surface area contributed by atoms with Gasteiger partial charge in [0, 0.05) is 71.3 Å². The molecule has 0 radical (unpaired) electrons. The summed E-state index contributed by atoms with van der Waals surface area (Å²) < 4.78 is 51.4. The van der Waals surface area contributed by atoms with Gasteiger partial charge >= 0.3 is 6.18 Å². The van der Waals surface area contributed by atoms with Crippen LogP contribution in [0.25, 0.3) is 139 Å². The minimum atomic E-state index is -4.57. The van der Waals surface area contributed by atoms with Crippen LogP contribution in [0.1, 0.15) is 5.56 Å². The number of rotatable bonds is 8. The third-order valence-electron chi connectivity index (χ3n) is 15.3. The highest BCUT2D eigenvalue weighted by atomic mass is 19.4. The maximum Gasteiger partial charge on any atom is 0.416 e. The Bertz CT molecular complexity index is 4550. The van der Waals surface area contributed by atoms with Gasteiger partial charge in [-0.05, 0) is 72.8 Å². The van der Waals surface area contributed by atoms with Gasteiger partial charge in [-0.1, -0.05) is 188 Å². The van der Waals surface area contributed by atoms with Crippen molar-refractivity contribution in [1.82, 2.24) is 28.7 Å². The van der Waals surface area contributed by atoms with Crippen LogP contribution < -0.4 is 0 Å². The van der Waals surface area contributed by atoms with Crippen LogP contribution in [0.2, 0.25) is 0 Å². The smallest absolute Gasteiger partial charge is 0.309 e. The molecule has 6 nitrogen and oxygen atoms in total. The van der Waals surface area contributed by atoms with E-state index in [0.29, 0.717) is 39.3 Å². The van der Waals surface area contributed by atoms with Crippen molar-refractivity contribution >= 4 is 65.4 Å². The van der Waals surface area contributed by atoms with Gasteiger partial charge in [-0.3, -0.25) is 0 Å². The topological polar surface area (TPSA) is 53.5 Å². The summed E-state index contributed by atoms with van der Waals surface area (Å²) in [5.74, 6) is 1.47. The molecule has 0 saturated heterocycles. The summed E-state index contributed by atoms with van der Waals surface area (Å²) in [5, 5.41) is 5.61. The van der Waals surface area contributed by atoms with E-state index in [2.05, 4.69) is 171 Å². The lowest BCUT2D eigenvalue weighted by Crippen LogP contribution is -2.07. The molecule has 4 aromatic heterocycles. The highest BCUT2D eigenvalue weighted by molar-refractivity contribution is 6.14. The van der Waals surface area contributed by atoms with Crippen LogP contribution in [0.5, 0.6) is 0 Å². The first-order valence-electron chi connectivity index (χ1n) is 26.2. The molecular weight excluding hydrogens is 982 g/mol. The molecule has 11 aromatic carbocycles. The quantitative estimate of drug-likeness (QED) is 0.152. The second kappa shape index (κ2) is 18.1. The molecule has 4 heterocycles. The zero-order valence-electron chi connectivity index (χ0n) is 42.1. The van der Waals surface area contributed by atoms with Crippen molar-refractivity contribution in [1.29, 1.82) is 0 Å². The molecule has 9 heteroatoms. The van der Waals surface area contributed by atoms with Crippen molar-refractivity contribution in [3.8, 4) is 73.5 Å². The van der Waals surface area contributed by atoms with Crippen molar-refractivity contribution in [2.75, 3.05) is 0 Å². The van der Waals surface area contributed by atoms with Gasteiger partial charge in [-0.15, -0.1) is 0 Å². The molecule has 374 valence electrons. The Hall–Kier alpha value is -10.4. The number of benzene rings is 11. The highest BCUT2D eigenvalue weighted by Gasteiger charge is 2.32. The van der Waals surface area contributed by atoms with Gasteiger partial charge in [0.2, 0.25) is 0 Å². The van der Waals surface area contributed by atoms with Crippen LogP contribution >= 0.6 is 0 Å². The van der Waals surface area contributed by atoms with Crippen molar-refractivity contribution < 1.29 is 13.2 Å². The van der Waals surface area contributed by atoms with E-state index in [4.69, 9.17) is 15.0 Å². The van der Waals surface area contributed by atoms with Gasteiger partial charge in [-0.25, -0.2) is 15.0 Å². The van der Waals surface area contributed by atoms with Crippen molar-refractivity contribution in [3.63, 3.8) is 0 Å². The Balaban J connectivity index is 1.14. The lowest BCUT2D eigenvalue weighted by Gasteiger charge is -2.24. The van der Waals surface area contributed by atoms with Crippen LogP contribution in [0.4, 0.5) is 13.2 Å². The predicted molar refractivity (Wildman–Crippen MR) is 315 cm³/mol. The number of fused-ring (bicyclic) bond motifs is 9. The molecule has 0 aliphatic carbocycles. The number of halogens is 3. The SMILES string of the molecule is FC(F)(F)c1ccc2c(c1)c1ccccc1n2-c1c(-c2ccccc2-n2c3ccccc3c3ccccc32)cc(-c2nc(-c3ccccc3)nc(-c3ccccc3)n2)cc1-c1ccccc1-n1c2ccccc2c2ccccc21. The van der Waals surface area contributed by atoms with Crippen LogP contribution in [-0.2, 0) is 6.18 Å². The van der Waals surface area contributed by atoms with E-state index in [1.54, 1.807) is 6.07 Å². The molecule has 0 bridgehead atoms. The fourth-order valence-corrected chi connectivity index (χ4v) is 11.9. The standard InChI is InChI=1S/C70H43F3N6/c71-70(72,73)47-39-40-65-55(43-47)52-29-11-20-38-64(52)79(65)66-56(53-30-12-18-36-62(53)77-58-32-14-7-25-48(58)49-26-8-15-33-59(49)77)41-46(69-75-67(44-21-3-1-4-22-44)74-68(76-69)45-23-5-2-6-24-45)42-57(66)54-31-13-19-37-63(54)78-60-34-16-9-27-50(60)51-28-10-17-35-61(51)78/h1-43H. The number of para-hydroxylation sites is 7. The maximum atomic E-state index is 14.9. The third kappa shape index (κ3) is 7.46. The lowest BCUT2D eigenvalue weighted by atomic mass is 9.90. The minimum absolute atomic E-state index is 0.447. The first-order chi connectivity index (χ1) is 38.9. The third-order valence-corrected chi connectivity index (χ3v) is 15.3. The summed E-state index contributed by atoms with van der Waals surface area (Å²) in [7, 11) is 0. The van der Waals surface area contributed by atoms with E-state index in [0.717, 1.165) is 99.6 Å². The second-order valence-electron chi connectivity index (χ2n) is 19.8. The number of aromatic nitrogens is 6. The van der Waals surface area contributed by atoms with Crippen molar-refractivity contribution in [2.24, 2.45) is 0 Å². The molecule has 0 amide bonds. The molecular formula is C70H43F3N6. The number of hydrogen-bond acceptors (Lipinski definition) is 3. The molecule has 0 aliphatic heterocycles. The van der Waals surface area contributed by atoms with Gasteiger partial charge in [-0.2, -0.15) is 13.2 Å². The summed E-state index contributed by atoms with van der Waals surface area (Å²) >= 11 is 0. The van der Waals surface area contributed by atoms with Gasteiger partial charge in [0.1, 0.15) is 0 Å². The molecule has 0 saturated carbocycles. The van der Waals surface area contributed by atoms with E-state index in [1.807, 2.05) is 84.9 Å². The Morgan fingerprint density at radius 3 is 1.01 bits per heavy atom. The fraction of sp³-hybridized carbons (Fsp3) is 0.0143. The van der Waals surface area contributed by atoms with Crippen LogP contribution in [0.3, 0.4) is 0 Å².